The van der Waals surface area contributed by atoms with Gasteiger partial charge in [-0.3, -0.25) is 4.79 Å². The van der Waals surface area contributed by atoms with Crippen molar-refractivity contribution in [1.29, 1.82) is 0 Å². The van der Waals surface area contributed by atoms with Gasteiger partial charge in [-0.15, -0.1) is 5.01 Å². The number of carboxylic acids is 1. The fourth-order valence-corrected chi connectivity index (χ4v) is 1.93. The van der Waals surface area contributed by atoms with E-state index in [1.165, 1.54) is 5.01 Å². The normalized spacial score (nSPS) is 27.1. The number of nitrogens with zero attached hydrogens (tertiary/aromatic N) is 2. The molecule has 19 heavy (non-hydrogen) atoms. The zero-order valence-electron chi connectivity index (χ0n) is 12.3. The summed E-state index contributed by atoms with van der Waals surface area (Å²) in [5, 5.41) is 10.6. The highest BCUT2D eigenvalue weighted by atomic mass is 16.7. The molecular formula is C12H24N3O4+. The van der Waals surface area contributed by atoms with Crippen LogP contribution in [-0.4, -0.2) is 39.8 Å². The Bertz CT molecular complexity index is 366. The average Bonchev–Trinajstić information content (AvgIpc) is 2.67. The Balaban J connectivity index is 2.43. The molecule has 2 N–H and O–H groups in total. The molecule has 1 saturated carbocycles. The van der Waals surface area contributed by atoms with E-state index in [-0.39, 0.29) is 11.6 Å². The molecule has 0 saturated heterocycles. The van der Waals surface area contributed by atoms with E-state index >= 15 is 0 Å². The lowest BCUT2D eigenvalue weighted by molar-refractivity contribution is -0.797. The maximum absolute atomic E-state index is 11.7. The van der Waals surface area contributed by atoms with E-state index in [9.17, 15) is 9.70 Å². The van der Waals surface area contributed by atoms with E-state index in [1.807, 2.05) is 20.8 Å². The van der Waals surface area contributed by atoms with Crippen LogP contribution in [0.2, 0.25) is 0 Å². The van der Waals surface area contributed by atoms with Crippen molar-refractivity contribution in [1.82, 2.24) is 10.6 Å². The van der Waals surface area contributed by atoms with Gasteiger partial charge in [0.25, 0.3) is 4.98 Å². The zero-order valence-corrected chi connectivity index (χ0v) is 12.3. The van der Waals surface area contributed by atoms with Gasteiger partial charge in [-0.05, 0) is 47.0 Å². The van der Waals surface area contributed by atoms with Gasteiger partial charge in [-0.2, -0.15) is 0 Å². The van der Waals surface area contributed by atoms with Crippen molar-refractivity contribution in [2.24, 2.45) is 5.41 Å². The van der Waals surface area contributed by atoms with E-state index in [0.29, 0.717) is 24.2 Å². The van der Waals surface area contributed by atoms with Crippen molar-refractivity contribution < 1.29 is 19.7 Å². The van der Waals surface area contributed by atoms with Gasteiger partial charge in [0.1, 0.15) is 0 Å². The Labute approximate surface area is 113 Å². The third-order valence-electron chi connectivity index (χ3n) is 3.75. The van der Waals surface area contributed by atoms with E-state index in [0.717, 1.165) is 0 Å². The van der Waals surface area contributed by atoms with Crippen LogP contribution in [0.3, 0.4) is 0 Å². The Morgan fingerprint density at radius 2 is 2.11 bits per heavy atom. The number of hydrogen-bond donors (Lipinski definition) is 2. The quantitative estimate of drug-likeness (QED) is 0.584. The van der Waals surface area contributed by atoms with Crippen LogP contribution < -0.4 is 5.59 Å². The molecule has 0 bridgehead atoms. The number of nitroso groups, excluding NO2 is 1. The molecule has 0 heterocycles. The number of hydrogen-bond acceptors (Lipinski definition) is 3. The van der Waals surface area contributed by atoms with Gasteiger partial charge in [-0.1, -0.05) is 0 Å². The molecule has 1 aliphatic rings. The van der Waals surface area contributed by atoms with Gasteiger partial charge in [0.15, 0.2) is 0 Å². The van der Waals surface area contributed by atoms with Crippen molar-refractivity contribution in [3.63, 3.8) is 0 Å². The number of nitrogens with one attached hydrogen (secondary N) is 1. The monoisotopic (exact) mass is 274 g/mol. The molecule has 1 fully saturated rings. The summed E-state index contributed by atoms with van der Waals surface area (Å²) in [4.78, 5) is 28.6. The summed E-state index contributed by atoms with van der Waals surface area (Å²) in [6.07, 6.45) is 1.33. The number of carbonyl (C=O) groups is 1. The first-order valence-electron chi connectivity index (χ1n) is 6.42. The summed E-state index contributed by atoms with van der Waals surface area (Å²) in [7, 11) is 1.65. The van der Waals surface area contributed by atoms with Crippen molar-refractivity contribution in [2.45, 2.75) is 58.6 Å². The summed E-state index contributed by atoms with van der Waals surface area (Å²) in [5.74, 6) is -0.815. The van der Waals surface area contributed by atoms with Crippen molar-refractivity contribution in [2.75, 3.05) is 7.05 Å². The van der Waals surface area contributed by atoms with Crippen LogP contribution in [0.25, 0.3) is 0 Å². The molecule has 7 heteroatoms. The molecular weight excluding hydrogens is 250 g/mol. The van der Waals surface area contributed by atoms with Gasteiger partial charge < -0.3 is 5.11 Å². The van der Waals surface area contributed by atoms with Crippen LogP contribution in [0.5, 0.6) is 0 Å². The number of aliphatic carboxylic acids is 1. The van der Waals surface area contributed by atoms with E-state index in [4.69, 9.17) is 9.94 Å². The van der Waals surface area contributed by atoms with Crippen LogP contribution >= 0.6 is 0 Å². The Morgan fingerprint density at radius 1 is 1.53 bits per heavy atom. The topological polar surface area (TPSA) is 81.9 Å². The highest BCUT2D eigenvalue weighted by molar-refractivity contribution is 5.74. The van der Waals surface area contributed by atoms with E-state index < -0.39 is 11.4 Å². The minimum absolute atomic E-state index is 0.258. The largest absolute Gasteiger partial charge is 0.481 e. The molecule has 110 valence electrons. The molecule has 2 unspecified atom stereocenters. The molecule has 2 atom stereocenters. The van der Waals surface area contributed by atoms with Crippen molar-refractivity contribution >= 4 is 5.97 Å². The molecule has 0 aromatic rings. The minimum Gasteiger partial charge on any atom is -0.481 e. The molecule has 0 amide bonds. The van der Waals surface area contributed by atoms with Crippen molar-refractivity contribution in [3.05, 3.63) is 4.91 Å². The van der Waals surface area contributed by atoms with Gasteiger partial charge in [0, 0.05) is 5.59 Å². The Kier molecular flexibility index (Phi) is 4.39. The SMILES string of the molecule is CN([N+](=O)NOC1CCC(C)(C(=O)O)C1)C(C)(C)C. The van der Waals surface area contributed by atoms with Gasteiger partial charge in [0.05, 0.1) is 29.0 Å². The van der Waals surface area contributed by atoms with Crippen LogP contribution in [0.15, 0.2) is 0 Å². The number of carboxylic acid groups (broad SMARTS) is 1. The fourth-order valence-electron chi connectivity index (χ4n) is 1.93. The Morgan fingerprint density at radius 3 is 2.53 bits per heavy atom. The van der Waals surface area contributed by atoms with Crippen molar-refractivity contribution in [3.8, 4) is 0 Å². The summed E-state index contributed by atoms with van der Waals surface area (Å²) in [5.41, 5.74) is 1.23. The van der Waals surface area contributed by atoms with Crippen LogP contribution in [-0.2, 0) is 9.63 Å². The fraction of sp³-hybridized carbons (Fsp3) is 0.917. The molecule has 0 radical (unpaired) electrons. The number of rotatable bonds is 5. The van der Waals surface area contributed by atoms with Gasteiger partial charge >= 0.3 is 5.97 Å². The maximum atomic E-state index is 11.7. The van der Waals surface area contributed by atoms with Crippen LogP contribution in [0.1, 0.15) is 47.0 Å². The summed E-state index contributed by atoms with van der Waals surface area (Å²) in [6, 6.07) is 0. The molecule has 0 aliphatic heterocycles. The third-order valence-corrected chi connectivity index (χ3v) is 3.75. The summed E-state index contributed by atoms with van der Waals surface area (Å²) in [6.45, 7) is 7.40. The maximum Gasteiger partial charge on any atom is 0.309 e. The lowest BCUT2D eigenvalue weighted by atomic mass is 9.89. The minimum atomic E-state index is -0.815. The summed E-state index contributed by atoms with van der Waals surface area (Å²) < 4.78 is 0. The number of hydrazine groups is 2. The van der Waals surface area contributed by atoms with Crippen LogP contribution in [0.4, 0.5) is 0 Å². The zero-order chi connectivity index (χ0) is 14.8. The van der Waals surface area contributed by atoms with Gasteiger partial charge in [0.2, 0.25) is 0 Å². The molecule has 0 aromatic carbocycles. The third kappa shape index (κ3) is 3.79. The molecule has 1 aliphatic carbocycles. The molecule has 7 nitrogen and oxygen atoms in total. The van der Waals surface area contributed by atoms with Crippen LogP contribution in [0, 0.1) is 10.3 Å². The average molecular weight is 274 g/mol. The lowest BCUT2D eigenvalue weighted by Gasteiger charge is -2.23. The standard InChI is InChI=1S/C12H23N3O4/c1-11(2,3)14(5)15(18)13-19-9-6-7-12(4,8-9)10(16)17/h9H,6-8H2,1-5H3,(H-,13,16,17,18)/p+1. The summed E-state index contributed by atoms with van der Waals surface area (Å²) >= 11 is 0. The second-order valence-electron chi connectivity index (χ2n) is 6.41. The first kappa shape index (κ1) is 15.7. The second kappa shape index (κ2) is 5.32. The first-order chi connectivity index (χ1) is 8.56. The molecule has 0 spiro atoms. The molecule has 1 rings (SSSR count). The molecule has 0 aromatic heterocycles. The second-order valence-corrected chi connectivity index (χ2v) is 6.41. The predicted octanol–water partition coefficient (Wildman–Crippen LogP) is 1.49. The smallest absolute Gasteiger partial charge is 0.309 e. The van der Waals surface area contributed by atoms with E-state index in [1.54, 1.807) is 14.0 Å². The highest BCUT2D eigenvalue weighted by Crippen LogP contribution is 2.39. The van der Waals surface area contributed by atoms with Gasteiger partial charge in [-0.25, -0.2) is 4.84 Å². The van der Waals surface area contributed by atoms with E-state index in [2.05, 4.69) is 5.59 Å². The predicted molar refractivity (Wildman–Crippen MR) is 68.7 cm³/mol. The highest BCUT2D eigenvalue weighted by Gasteiger charge is 2.43. The first-order valence-corrected chi connectivity index (χ1v) is 6.42. The Hall–Kier alpha value is -1.37. The lowest BCUT2D eigenvalue weighted by Crippen LogP contribution is -2.50.